The van der Waals surface area contributed by atoms with Crippen LogP contribution in [0.15, 0.2) is 18.2 Å². The number of hydrogen-bond acceptors (Lipinski definition) is 1. The molecule has 22 heavy (non-hydrogen) atoms. The Bertz CT molecular complexity index is 573. The summed E-state index contributed by atoms with van der Waals surface area (Å²) in [6.07, 6.45) is 8.23. The fourth-order valence-corrected chi connectivity index (χ4v) is 7.15. The maximum absolute atomic E-state index is 6.35. The van der Waals surface area contributed by atoms with Crippen molar-refractivity contribution in [3.8, 4) is 0 Å². The van der Waals surface area contributed by atoms with Gasteiger partial charge < -0.3 is 5.32 Å². The Morgan fingerprint density at radius 3 is 2.14 bits per heavy atom. The second-order valence-corrected chi connectivity index (χ2v) is 9.78. The van der Waals surface area contributed by atoms with Gasteiger partial charge in [0.15, 0.2) is 0 Å². The van der Waals surface area contributed by atoms with Gasteiger partial charge in [-0.15, -0.1) is 0 Å². The van der Waals surface area contributed by atoms with Crippen molar-refractivity contribution in [3.63, 3.8) is 0 Å². The van der Waals surface area contributed by atoms with Crippen LogP contribution in [0.2, 0.25) is 10.0 Å². The summed E-state index contributed by atoms with van der Waals surface area (Å²) in [6, 6.07) is 5.79. The van der Waals surface area contributed by atoms with Gasteiger partial charge in [0, 0.05) is 27.7 Å². The van der Waals surface area contributed by atoms with E-state index in [9.17, 15) is 0 Å². The highest BCUT2D eigenvalue weighted by atomic mass is 35.5. The van der Waals surface area contributed by atoms with Crippen molar-refractivity contribution in [2.24, 2.45) is 16.7 Å². The predicted molar refractivity (Wildman–Crippen MR) is 93.4 cm³/mol. The third-order valence-corrected chi connectivity index (χ3v) is 7.04. The molecule has 0 aliphatic heterocycles. The quantitative estimate of drug-likeness (QED) is 0.731. The van der Waals surface area contributed by atoms with Gasteiger partial charge in [0.2, 0.25) is 0 Å². The molecule has 4 fully saturated rings. The first-order valence-corrected chi connectivity index (χ1v) is 9.24. The van der Waals surface area contributed by atoms with Gasteiger partial charge in [-0.3, -0.25) is 0 Å². The van der Waals surface area contributed by atoms with Crippen LogP contribution in [0.5, 0.6) is 0 Å². The summed E-state index contributed by atoms with van der Waals surface area (Å²) >= 11 is 12.7. The fraction of sp³-hybridized carbons (Fsp3) is 0.684. The van der Waals surface area contributed by atoms with Crippen LogP contribution in [-0.2, 0) is 6.54 Å². The van der Waals surface area contributed by atoms with Crippen LogP contribution < -0.4 is 5.32 Å². The molecule has 4 bridgehead atoms. The molecule has 5 rings (SSSR count). The lowest BCUT2D eigenvalue weighted by molar-refractivity contribution is -0.118. The minimum atomic E-state index is 0.297. The van der Waals surface area contributed by atoms with E-state index in [4.69, 9.17) is 23.2 Å². The van der Waals surface area contributed by atoms with E-state index < -0.39 is 0 Å². The predicted octanol–water partition coefficient (Wildman–Crippen LogP) is 5.83. The zero-order chi connectivity index (χ0) is 15.6. The summed E-state index contributed by atoms with van der Waals surface area (Å²) in [5.41, 5.74) is 2.42. The average molecular weight is 338 g/mol. The molecular formula is C19H25Cl2N. The van der Waals surface area contributed by atoms with Crippen LogP contribution in [0.1, 0.15) is 57.9 Å². The first-order chi connectivity index (χ1) is 10.3. The number of nitrogens with one attached hydrogen (secondary N) is 1. The molecule has 4 saturated carbocycles. The Labute approximate surface area is 143 Å². The maximum Gasteiger partial charge on any atom is 0.0465 e. The lowest BCUT2D eigenvalue weighted by atomic mass is 9.43. The molecule has 0 radical (unpaired) electrons. The molecule has 2 unspecified atom stereocenters. The van der Waals surface area contributed by atoms with E-state index >= 15 is 0 Å². The molecule has 0 saturated heterocycles. The molecule has 4 aliphatic carbocycles. The SMILES string of the molecule is C[C@]12CC3CC(NCc4c(Cl)cccc4Cl)(C1)C[C@@](C)(C3)C2. The van der Waals surface area contributed by atoms with Gasteiger partial charge in [-0.05, 0) is 67.4 Å². The molecule has 0 spiro atoms. The van der Waals surface area contributed by atoms with Crippen LogP contribution >= 0.6 is 23.2 Å². The summed E-state index contributed by atoms with van der Waals surface area (Å²) in [5, 5.41) is 5.47. The van der Waals surface area contributed by atoms with Crippen LogP contribution in [0.25, 0.3) is 0 Å². The third kappa shape index (κ3) is 2.50. The molecule has 1 nitrogen and oxygen atoms in total. The van der Waals surface area contributed by atoms with E-state index in [0.717, 1.165) is 28.1 Å². The van der Waals surface area contributed by atoms with Gasteiger partial charge in [0.05, 0.1) is 0 Å². The molecule has 120 valence electrons. The Hall–Kier alpha value is -0.240. The largest absolute Gasteiger partial charge is 0.307 e. The van der Waals surface area contributed by atoms with Gasteiger partial charge in [0.25, 0.3) is 0 Å². The van der Waals surface area contributed by atoms with Gasteiger partial charge >= 0.3 is 0 Å². The Morgan fingerprint density at radius 1 is 1.00 bits per heavy atom. The van der Waals surface area contributed by atoms with Crippen molar-refractivity contribution in [3.05, 3.63) is 33.8 Å². The highest BCUT2D eigenvalue weighted by molar-refractivity contribution is 6.35. The topological polar surface area (TPSA) is 12.0 Å². The number of hydrogen-bond donors (Lipinski definition) is 1. The van der Waals surface area contributed by atoms with Crippen molar-refractivity contribution >= 4 is 23.2 Å². The van der Waals surface area contributed by atoms with E-state index in [0.29, 0.717) is 16.4 Å². The minimum Gasteiger partial charge on any atom is -0.307 e. The summed E-state index contributed by atoms with van der Waals surface area (Å²) < 4.78 is 0. The van der Waals surface area contributed by atoms with E-state index in [-0.39, 0.29) is 0 Å². The molecule has 0 aromatic heterocycles. The highest BCUT2D eigenvalue weighted by Crippen LogP contribution is 2.66. The highest BCUT2D eigenvalue weighted by Gasteiger charge is 2.59. The summed E-state index contributed by atoms with van der Waals surface area (Å²) in [4.78, 5) is 0. The van der Waals surface area contributed by atoms with Gasteiger partial charge in [-0.25, -0.2) is 0 Å². The van der Waals surface area contributed by atoms with Crippen LogP contribution in [-0.4, -0.2) is 5.54 Å². The normalized spacial score (nSPS) is 42.8. The standard InChI is InChI=1S/C19H25Cl2N/c1-17-6-13-7-18(2,10-17)12-19(8-13,11-17)22-9-14-15(20)4-3-5-16(14)21/h3-5,13,22H,6-12H2,1-2H3/t13?,17-,18+,19?. The van der Waals surface area contributed by atoms with E-state index in [1.54, 1.807) is 0 Å². The fourth-order valence-electron chi connectivity index (χ4n) is 6.62. The third-order valence-electron chi connectivity index (χ3n) is 6.33. The van der Waals surface area contributed by atoms with Crippen molar-refractivity contribution in [2.75, 3.05) is 0 Å². The molecule has 4 aliphatic rings. The van der Waals surface area contributed by atoms with Gasteiger partial charge in [0.1, 0.15) is 0 Å². The van der Waals surface area contributed by atoms with Crippen LogP contribution in [0.4, 0.5) is 0 Å². The molecule has 1 N–H and O–H groups in total. The smallest absolute Gasteiger partial charge is 0.0465 e. The van der Waals surface area contributed by atoms with E-state index in [2.05, 4.69) is 19.2 Å². The number of rotatable bonds is 3. The minimum absolute atomic E-state index is 0.297. The van der Waals surface area contributed by atoms with Gasteiger partial charge in [-0.1, -0.05) is 43.1 Å². The Kier molecular flexibility index (Phi) is 3.39. The van der Waals surface area contributed by atoms with Crippen molar-refractivity contribution in [1.29, 1.82) is 0 Å². The van der Waals surface area contributed by atoms with Crippen molar-refractivity contribution in [2.45, 2.75) is 64.5 Å². The second kappa shape index (κ2) is 4.88. The molecular weight excluding hydrogens is 313 g/mol. The lowest BCUT2D eigenvalue weighted by Gasteiger charge is -2.65. The van der Waals surface area contributed by atoms with Crippen molar-refractivity contribution in [1.82, 2.24) is 5.32 Å². The molecule has 1 aromatic carbocycles. The van der Waals surface area contributed by atoms with Crippen LogP contribution in [0.3, 0.4) is 0 Å². The zero-order valence-corrected chi connectivity index (χ0v) is 15.0. The molecule has 4 atom stereocenters. The first-order valence-electron chi connectivity index (χ1n) is 8.49. The molecule has 3 heteroatoms. The number of benzene rings is 1. The first kappa shape index (κ1) is 15.3. The summed E-state index contributed by atoms with van der Waals surface area (Å²) in [6.45, 7) is 5.81. The molecule has 0 amide bonds. The summed E-state index contributed by atoms with van der Waals surface area (Å²) in [5.74, 6) is 0.903. The number of halogens is 2. The summed E-state index contributed by atoms with van der Waals surface area (Å²) in [7, 11) is 0. The Morgan fingerprint density at radius 2 is 1.59 bits per heavy atom. The zero-order valence-electron chi connectivity index (χ0n) is 13.5. The van der Waals surface area contributed by atoms with Crippen molar-refractivity contribution < 1.29 is 0 Å². The van der Waals surface area contributed by atoms with Crippen LogP contribution in [0, 0.1) is 16.7 Å². The maximum atomic E-state index is 6.35. The molecule has 1 aromatic rings. The van der Waals surface area contributed by atoms with Gasteiger partial charge in [-0.2, -0.15) is 0 Å². The Balaban J connectivity index is 1.58. The van der Waals surface area contributed by atoms with E-state index in [1.165, 1.54) is 38.5 Å². The molecule has 0 heterocycles. The van der Waals surface area contributed by atoms with E-state index in [1.807, 2.05) is 18.2 Å². The monoisotopic (exact) mass is 337 g/mol. The lowest BCUT2D eigenvalue weighted by Crippen LogP contribution is -2.63. The average Bonchev–Trinajstić information content (AvgIpc) is 2.33. The second-order valence-electron chi connectivity index (χ2n) is 8.96.